The molecule has 0 saturated carbocycles. The van der Waals surface area contributed by atoms with Gasteiger partial charge in [0, 0.05) is 36.4 Å². The summed E-state index contributed by atoms with van der Waals surface area (Å²) in [5.41, 5.74) is 13.9. The molecule has 0 bridgehead atoms. The number of unbranched alkanes of at least 4 members (excludes halogenated alkanes) is 2. The van der Waals surface area contributed by atoms with Gasteiger partial charge >= 0.3 is 0 Å². The van der Waals surface area contributed by atoms with Gasteiger partial charge < -0.3 is 61.5 Å². The number of benzene rings is 4. The van der Waals surface area contributed by atoms with E-state index in [1.165, 1.54) is 26.0 Å². The Morgan fingerprint density at radius 3 is 1.95 bits per heavy atom. The van der Waals surface area contributed by atoms with E-state index in [0.717, 1.165) is 57.1 Å². The summed E-state index contributed by atoms with van der Waals surface area (Å²) in [6, 6.07) is 19.7. The van der Waals surface area contributed by atoms with Gasteiger partial charge in [0.2, 0.25) is 35.4 Å². The highest BCUT2D eigenvalue weighted by Gasteiger charge is 2.49. The number of hydrogen-bond donors (Lipinski definition) is 9. The number of aryl methyl sites for hydroxylation is 1. The summed E-state index contributed by atoms with van der Waals surface area (Å²) in [6.07, 6.45) is -2.80. The van der Waals surface area contributed by atoms with E-state index in [-0.39, 0.29) is 56.4 Å². The second kappa shape index (κ2) is 26.8. The number of amides is 7. The Morgan fingerprint density at radius 1 is 0.756 bits per heavy atom. The minimum atomic E-state index is -1.72. The molecule has 7 rings (SSSR count). The van der Waals surface area contributed by atoms with Gasteiger partial charge in [-0.3, -0.25) is 33.6 Å². The summed E-state index contributed by atoms with van der Waals surface area (Å²) in [5.74, 6) is -5.23. The van der Waals surface area contributed by atoms with Gasteiger partial charge in [-0.1, -0.05) is 85.5 Å². The first-order valence-electron chi connectivity index (χ1n) is 26.4. The predicted octanol–water partition coefficient (Wildman–Crippen LogP) is 3.35. The Morgan fingerprint density at radius 2 is 1.35 bits per heavy atom. The number of carbonyl (C=O) groups excluding carboxylic acids is 7. The molecule has 3 aliphatic rings. The molecule has 3 aliphatic heterocycles. The lowest BCUT2D eigenvalue weighted by atomic mass is 9.95. The Labute approximate surface area is 451 Å². The highest BCUT2D eigenvalue weighted by atomic mass is 16.5. The molecule has 7 amide bonds. The number of aliphatic hydroxyl groups excluding tert-OH is 3. The van der Waals surface area contributed by atoms with Gasteiger partial charge in [-0.05, 0) is 116 Å². The van der Waals surface area contributed by atoms with Gasteiger partial charge in [-0.2, -0.15) is 0 Å². The zero-order valence-corrected chi connectivity index (χ0v) is 43.8. The Hall–Kier alpha value is -8.04. The number of azide groups is 1. The van der Waals surface area contributed by atoms with Gasteiger partial charge in [0.15, 0.2) is 0 Å². The molecule has 22 nitrogen and oxygen atoms in total. The maximum absolute atomic E-state index is 14.4. The smallest absolute Gasteiger partial charge is 0.251 e. The predicted molar refractivity (Wildman–Crippen MR) is 286 cm³/mol. The van der Waals surface area contributed by atoms with Crippen molar-refractivity contribution in [3.63, 3.8) is 0 Å². The quantitative estimate of drug-likeness (QED) is 0.0358. The van der Waals surface area contributed by atoms with Crippen LogP contribution in [0.5, 0.6) is 11.5 Å². The van der Waals surface area contributed by atoms with E-state index in [1.54, 1.807) is 36.4 Å². The second-order valence-electron chi connectivity index (χ2n) is 20.0. The van der Waals surface area contributed by atoms with Gasteiger partial charge in [0.25, 0.3) is 5.91 Å². The van der Waals surface area contributed by atoms with Crippen LogP contribution in [0.4, 0.5) is 0 Å². The standard InChI is InChI=1S/C56H68N10O12/c1-4-5-6-28-78-42-24-20-38(21-25-42)36-14-12-35(13-15-36)37-16-18-39(19-17-37)50(71)59-43-8-7-27-58-53(74)46-30-47(63-64-57)66(46)56(77)49(33(3)68)62-52(73)44(26-11-34-9-22-40(69)23-10-34)60-54(75)45-29-41(70)31-65(45)55(76)48(32(2)67)61-51(43)72/h9-10,12-25,32-33,41,43-49,67-70H,4-8,11,26-31H2,1-3H3,(H,58,74)(H,59,71)(H,60,75)(H,61,72)(H,62,73)/t32?,33?,41-,43+,44?,45?,46?,47-,48?,49?/m1/s1. The SMILES string of the molecule is CCCCCOc1ccc(-c2ccc(-c3ccc(C(=O)N[C@H]4CCCNC(=O)C5C[C@H](N=[N+]=[N-])N5C(=O)C(C(C)O)NC(=O)C(CCc5ccc(O)cc5)NC(=O)C5C[C@@H](O)CN5C(=O)C(C(C)O)NC4=O)cc3)cc2)cc1. The molecule has 4 aromatic carbocycles. The fourth-order valence-electron chi connectivity index (χ4n) is 9.73. The monoisotopic (exact) mass is 1070 g/mol. The largest absolute Gasteiger partial charge is 0.508 e. The van der Waals surface area contributed by atoms with Crippen LogP contribution in [0.2, 0.25) is 0 Å². The van der Waals surface area contributed by atoms with Crippen molar-refractivity contribution in [2.45, 2.75) is 139 Å². The van der Waals surface area contributed by atoms with Crippen LogP contribution in [-0.4, -0.2) is 152 Å². The molecule has 0 spiro atoms. The Bertz CT molecular complexity index is 2810. The lowest BCUT2D eigenvalue weighted by Crippen LogP contribution is -2.68. The summed E-state index contributed by atoms with van der Waals surface area (Å²) >= 11 is 0. The molecule has 9 N–H and O–H groups in total. The van der Waals surface area contributed by atoms with Crippen molar-refractivity contribution in [1.29, 1.82) is 0 Å². The van der Waals surface area contributed by atoms with Gasteiger partial charge in [0.1, 0.15) is 53.9 Å². The number of rotatable bonds is 15. The molecular formula is C56H68N10O12. The molecule has 0 radical (unpaired) electrons. The molecule has 3 saturated heterocycles. The number of ether oxygens (including phenoxy) is 1. The first-order valence-corrected chi connectivity index (χ1v) is 26.4. The Kier molecular flexibility index (Phi) is 19.8. The van der Waals surface area contributed by atoms with Crippen molar-refractivity contribution in [1.82, 2.24) is 36.4 Å². The van der Waals surface area contributed by atoms with Crippen LogP contribution in [0.3, 0.4) is 0 Å². The van der Waals surface area contributed by atoms with E-state index in [0.29, 0.717) is 12.2 Å². The molecule has 10 atom stereocenters. The first kappa shape index (κ1) is 57.7. The second-order valence-corrected chi connectivity index (χ2v) is 20.0. The summed E-state index contributed by atoms with van der Waals surface area (Å²) in [5, 5.41) is 59.4. The van der Waals surface area contributed by atoms with Crippen molar-refractivity contribution in [3.05, 3.63) is 119 Å². The summed E-state index contributed by atoms with van der Waals surface area (Å²) in [7, 11) is 0. The van der Waals surface area contributed by atoms with E-state index in [1.807, 2.05) is 48.5 Å². The Balaban J connectivity index is 1.12. The van der Waals surface area contributed by atoms with Crippen LogP contribution < -0.4 is 31.3 Å². The number of hydrogen-bond acceptors (Lipinski definition) is 13. The topological polar surface area (TPSA) is 325 Å². The summed E-state index contributed by atoms with van der Waals surface area (Å²) < 4.78 is 5.85. The van der Waals surface area contributed by atoms with Crippen LogP contribution in [0, 0.1) is 0 Å². The van der Waals surface area contributed by atoms with Gasteiger partial charge in [0.05, 0.1) is 24.9 Å². The fourth-order valence-corrected chi connectivity index (χ4v) is 9.73. The van der Waals surface area contributed by atoms with Crippen LogP contribution in [0.25, 0.3) is 32.7 Å². The molecule has 7 unspecified atom stereocenters. The van der Waals surface area contributed by atoms with Crippen molar-refractivity contribution in [3.8, 4) is 33.8 Å². The summed E-state index contributed by atoms with van der Waals surface area (Å²) in [6.45, 7) is 4.78. The van der Waals surface area contributed by atoms with E-state index >= 15 is 0 Å². The first-order chi connectivity index (χ1) is 37.5. The molecule has 414 valence electrons. The fraction of sp³-hybridized carbons (Fsp3) is 0.446. The molecule has 22 heteroatoms. The number of aromatic hydroxyl groups is 1. The summed E-state index contributed by atoms with van der Waals surface area (Å²) in [4.78, 5) is 104. The van der Waals surface area contributed by atoms with Crippen molar-refractivity contribution < 1.29 is 58.7 Å². The number of phenols is 1. The maximum atomic E-state index is 14.4. The average Bonchev–Trinajstić information content (AvgIpc) is 3.92. The van der Waals surface area contributed by atoms with Crippen molar-refractivity contribution >= 4 is 41.4 Å². The number of nitrogens with one attached hydrogen (secondary N) is 5. The molecule has 4 aromatic rings. The minimum absolute atomic E-state index is 0.0168. The van der Waals surface area contributed by atoms with Crippen LogP contribution in [-0.2, 0) is 35.2 Å². The molecule has 3 fully saturated rings. The van der Waals surface area contributed by atoms with E-state index in [2.05, 4.69) is 43.5 Å². The maximum Gasteiger partial charge on any atom is 0.251 e. The van der Waals surface area contributed by atoms with E-state index in [4.69, 9.17) is 4.74 Å². The van der Waals surface area contributed by atoms with E-state index in [9.17, 15) is 59.5 Å². The molecule has 0 aromatic heterocycles. The lowest BCUT2D eigenvalue weighted by molar-refractivity contribution is -0.158. The van der Waals surface area contributed by atoms with Crippen molar-refractivity contribution in [2.24, 2.45) is 5.11 Å². The van der Waals surface area contributed by atoms with Crippen LogP contribution in [0.15, 0.2) is 102 Å². The highest BCUT2D eigenvalue weighted by molar-refractivity contribution is 6.00. The third-order valence-electron chi connectivity index (χ3n) is 14.2. The zero-order valence-electron chi connectivity index (χ0n) is 43.8. The molecule has 3 heterocycles. The number of aliphatic hydroxyl groups is 3. The number of fused-ring (bicyclic) bond motifs is 2. The number of carbonyl (C=O) groups is 7. The highest BCUT2D eigenvalue weighted by Crippen LogP contribution is 2.30. The minimum Gasteiger partial charge on any atom is -0.508 e. The van der Waals surface area contributed by atoms with Gasteiger partial charge in [-0.15, -0.1) is 0 Å². The van der Waals surface area contributed by atoms with Crippen molar-refractivity contribution in [2.75, 3.05) is 19.7 Å². The third-order valence-corrected chi connectivity index (χ3v) is 14.2. The molecule has 0 aliphatic carbocycles. The van der Waals surface area contributed by atoms with Gasteiger partial charge in [-0.25, -0.2) is 0 Å². The lowest BCUT2D eigenvalue weighted by Gasteiger charge is -2.46. The number of nitrogens with zero attached hydrogens (tertiary/aromatic N) is 5. The normalized spacial score (nSPS) is 24.3. The molecular weight excluding hydrogens is 1000 g/mol. The van der Waals surface area contributed by atoms with Crippen LogP contribution in [0.1, 0.15) is 88.1 Å². The number of phenolic OH excluding ortho intramolecular Hbond substituents is 1. The van der Waals surface area contributed by atoms with Crippen LogP contribution >= 0.6 is 0 Å². The third kappa shape index (κ3) is 14.5. The molecule has 78 heavy (non-hydrogen) atoms. The van der Waals surface area contributed by atoms with E-state index < -0.39 is 109 Å². The average molecular weight is 1070 g/mol. The zero-order chi connectivity index (χ0) is 56.0.